The lowest BCUT2D eigenvalue weighted by Crippen LogP contribution is -2.34. The Morgan fingerprint density at radius 3 is 2.57 bits per heavy atom. The number of carbonyl (C=O) groups excluding carboxylic acids is 1. The number of thioether (sulfide) groups is 1. The molecule has 23 heavy (non-hydrogen) atoms. The van der Waals surface area contributed by atoms with E-state index in [1.807, 2.05) is 0 Å². The summed E-state index contributed by atoms with van der Waals surface area (Å²) in [6.45, 7) is 3.94. The van der Waals surface area contributed by atoms with Gasteiger partial charge in [0.05, 0.1) is 0 Å². The zero-order valence-electron chi connectivity index (χ0n) is 13.4. The van der Waals surface area contributed by atoms with Crippen LogP contribution >= 0.6 is 11.8 Å². The summed E-state index contributed by atoms with van der Waals surface area (Å²) in [5.74, 6) is 0.442. The van der Waals surface area contributed by atoms with Crippen LogP contribution in [0.3, 0.4) is 0 Å². The summed E-state index contributed by atoms with van der Waals surface area (Å²) < 4.78 is 0. The van der Waals surface area contributed by atoms with Gasteiger partial charge in [0.1, 0.15) is 0 Å². The first kappa shape index (κ1) is 15.0. The van der Waals surface area contributed by atoms with Crippen molar-refractivity contribution in [2.45, 2.75) is 36.6 Å². The molecule has 2 aromatic rings. The molecule has 3 heteroatoms. The molecule has 0 saturated carbocycles. The van der Waals surface area contributed by atoms with Crippen LogP contribution in [0.5, 0.6) is 0 Å². The molecule has 0 aromatic heterocycles. The van der Waals surface area contributed by atoms with Crippen molar-refractivity contribution in [2.75, 3.05) is 13.1 Å². The first-order chi connectivity index (χ1) is 11.2. The van der Waals surface area contributed by atoms with E-state index < -0.39 is 0 Å². The summed E-state index contributed by atoms with van der Waals surface area (Å²) in [5, 5.41) is 0.140. The Hall–Kier alpha value is -1.58. The topological polar surface area (TPSA) is 20.3 Å². The van der Waals surface area contributed by atoms with Crippen LogP contribution in [0.4, 0.5) is 0 Å². The predicted molar refractivity (Wildman–Crippen MR) is 94.8 cm³/mol. The third-order valence-corrected chi connectivity index (χ3v) is 5.85. The standard InChI is InChI=1S/C20H21NOS/c1-14(22)23-16-10-8-15(9-11-16)19-13-21-12-4-7-20(21)18-6-3-2-5-17(18)19/h2-3,5-6,8-11,19-20H,4,7,12-13H2,1H3/t19-,20+/m1/s1. The lowest BCUT2D eigenvalue weighted by Gasteiger charge is -2.37. The number of hydrogen-bond donors (Lipinski definition) is 0. The quantitative estimate of drug-likeness (QED) is 0.753. The normalized spacial score (nSPS) is 23.3. The molecule has 0 spiro atoms. The van der Waals surface area contributed by atoms with Crippen LogP contribution < -0.4 is 0 Å². The van der Waals surface area contributed by atoms with Crippen molar-refractivity contribution in [2.24, 2.45) is 0 Å². The maximum absolute atomic E-state index is 11.2. The highest BCUT2D eigenvalue weighted by atomic mass is 32.2. The van der Waals surface area contributed by atoms with E-state index in [1.54, 1.807) is 6.92 Å². The van der Waals surface area contributed by atoms with Gasteiger partial charge in [-0.2, -0.15) is 0 Å². The van der Waals surface area contributed by atoms with Crippen molar-refractivity contribution in [3.63, 3.8) is 0 Å². The van der Waals surface area contributed by atoms with Crippen molar-refractivity contribution in [3.05, 3.63) is 65.2 Å². The molecule has 2 aliphatic heterocycles. The molecule has 2 atom stereocenters. The molecule has 1 saturated heterocycles. The van der Waals surface area contributed by atoms with E-state index in [0.717, 1.165) is 11.4 Å². The van der Waals surface area contributed by atoms with Crippen LogP contribution in [-0.4, -0.2) is 23.1 Å². The Kier molecular flexibility index (Phi) is 4.00. The van der Waals surface area contributed by atoms with Crippen LogP contribution in [0.15, 0.2) is 53.4 Å². The fourth-order valence-electron chi connectivity index (χ4n) is 4.08. The van der Waals surface area contributed by atoms with E-state index in [1.165, 1.54) is 47.8 Å². The van der Waals surface area contributed by atoms with E-state index in [0.29, 0.717) is 12.0 Å². The van der Waals surface area contributed by atoms with Gasteiger partial charge in [-0.3, -0.25) is 9.69 Å². The molecule has 0 amide bonds. The van der Waals surface area contributed by atoms with Gasteiger partial charge in [0.15, 0.2) is 5.12 Å². The van der Waals surface area contributed by atoms with Gasteiger partial charge >= 0.3 is 0 Å². The zero-order valence-corrected chi connectivity index (χ0v) is 14.2. The SMILES string of the molecule is CC(=O)Sc1ccc([C@H]2CN3CCC[C@H]3c3ccccc32)cc1. The average Bonchev–Trinajstić information content (AvgIpc) is 3.03. The van der Waals surface area contributed by atoms with Crippen molar-refractivity contribution in [1.82, 2.24) is 4.90 Å². The highest BCUT2D eigenvalue weighted by Crippen LogP contribution is 2.44. The summed E-state index contributed by atoms with van der Waals surface area (Å²) in [4.78, 5) is 14.9. The number of nitrogens with zero attached hydrogens (tertiary/aromatic N) is 1. The Morgan fingerprint density at radius 2 is 1.83 bits per heavy atom. The van der Waals surface area contributed by atoms with E-state index in [2.05, 4.69) is 53.4 Å². The van der Waals surface area contributed by atoms with E-state index in [4.69, 9.17) is 0 Å². The molecule has 2 aliphatic rings. The zero-order chi connectivity index (χ0) is 15.8. The smallest absolute Gasteiger partial charge is 0.190 e. The monoisotopic (exact) mass is 323 g/mol. The Labute approximate surface area is 141 Å². The van der Waals surface area contributed by atoms with Gasteiger partial charge in [0, 0.05) is 30.3 Å². The second-order valence-electron chi connectivity index (χ2n) is 6.50. The largest absolute Gasteiger partial charge is 0.295 e. The molecule has 2 heterocycles. The van der Waals surface area contributed by atoms with Crippen LogP contribution in [0.25, 0.3) is 0 Å². The second kappa shape index (κ2) is 6.14. The Morgan fingerprint density at radius 1 is 1.09 bits per heavy atom. The van der Waals surface area contributed by atoms with Crippen molar-refractivity contribution >= 4 is 16.9 Å². The van der Waals surface area contributed by atoms with Crippen LogP contribution in [-0.2, 0) is 4.79 Å². The minimum Gasteiger partial charge on any atom is -0.295 e. The molecule has 0 aliphatic carbocycles. The minimum absolute atomic E-state index is 0.140. The maximum Gasteiger partial charge on any atom is 0.190 e. The molecule has 0 radical (unpaired) electrons. The highest BCUT2D eigenvalue weighted by molar-refractivity contribution is 8.13. The van der Waals surface area contributed by atoms with Crippen molar-refractivity contribution < 1.29 is 4.79 Å². The third kappa shape index (κ3) is 2.84. The van der Waals surface area contributed by atoms with E-state index in [9.17, 15) is 4.79 Å². The van der Waals surface area contributed by atoms with Gasteiger partial charge in [0.25, 0.3) is 0 Å². The van der Waals surface area contributed by atoms with Gasteiger partial charge in [-0.15, -0.1) is 0 Å². The molecule has 2 aromatic carbocycles. The first-order valence-electron chi connectivity index (χ1n) is 8.33. The molecule has 2 nitrogen and oxygen atoms in total. The third-order valence-electron chi connectivity index (χ3n) is 5.06. The Balaban J connectivity index is 1.68. The molecular weight excluding hydrogens is 302 g/mol. The number of rotatable bonds is 2. The number of benzene rings is 2. The molecular formula is C20H21NOS. The highest BCUT2D eigenvalue weighted by Gasteiger charge is 2.35. The van der Waals surface area contributed by atoms with Crippen LogP contribution in [0.2, 0.25) is 0 Å². The molecule has 4 rings (SSSR count). The summed E-state index contributed by atoms with van der Waals surface area (Å²) in [6.07, 6.45) is 2.60. The van der Waals surface area contributed by atoms with Crippen molar-refractivity contribution in [3.8, 4) is 0 Å². The van der Waals surface area contributed by atoms with E-state index >= 15 is 0 Å². The predicted octanol–water partition coefficient (Wildman–Crippen LogP) is 4.61. The molecule has 0 unspecified atom stereocenters. The number of hydrogen-bond acceptors (Lipinski definition) is 3. The van der Waals surface area contributed by atoms with Crippen molar-refractivity contribution in [1.29, 1.82) is 0 Å². The number of fused-ring (bicyclic) bond motifs is 3. The van der Waals surface area contributed by atoms with E-state index in [-0.39, 0.29) is 5.12 Å². The number of carbonyl (C=O) groups is 1. The molecule has 1 fully saturated rings. The van der Waals surface area contributed by atoms with Gasteiger partial charge < -0.3 is 0 Å². The fourth-order valence-corrected chi connectivity index (χ4v) is 4.68. The lowest BCUT2D eigenvalue weighted by molar-refractivity contribution is -0.109. The summed E-state index contributed by atoms with van der Waals surface area (Å²) >= 11 is 1.31. The van der Waals surface area contributed by atoms with Crippen LogP contribution in [0.1, 0.15) is 48.4 Å². The molecule has 0 bridgehead atoms. The van der Waals surface area contributed by atoms with Gasteiger partial charge in [-0.1, -0.05) is 48.2 Å². The maximum atomic E-state index is 11.2. The fraction of sp³-hybridized carbons (Fsp3) is 0.350. The second-order valence-corrected chi connectivity index (χ2v) is 7.75. The van der Waals surface area contributed by atoms with Gasteiger partial charge in [-0.05, 0) is 48.2 Å². The Bertz CT molecular complexity index is 725. The van der Waals surface area contributed by atoms with Gasteiger partial charge in [-0.25, -0.2) is 0 Å². The minimum atomic E-state index is 0.140. The summed E-state index contributed by atoms with van der Waals surface area (Å²) in [5.41, 5.74) is 4.36. The first-order valence-corrected chi connectivity index (χ1v) is 9.15. The molecule has 118 valence electrons. The summed E-state index contributed by atoms with van der Waals surface area (Å²) in [7, 11) is 0. The molecule has 0 N–H and O–H groups in total. The van der Waals surface area contributed by atoms with Crippen LogP contribution in [0, 0.1) is 0 Å². The van der Waals surface area contributed by atoms with Gasteiger partial charge in [0.2, 0.25) is 0 Å². The average molecular weight is 323 g/mol. The summed E-state index contributed by atoms with van der Waals surface area (Å²) in [6, 6.07) is 18.1. The lowest BCUT2D eigenvalue weighted by atomic mass is 9.82.